The van der Waals surface area contributed by atoms with Gasteiger partial charge in [-0.2, -0.15) is 0 Å². The highest BCUT2D eigenvalue weighted by molar-refractivity contribution is 7.68. The summed E-state index contributed by atoms with van der Waals surface area (Å²) in [5, 5.41) is 10.7. The number of carboxylic acid groups (broad SMARTS) is 1. The van der Waals surface area contributed by atoms with E-state index >= 15 is 0 Å². The van der Waals surface area contributed by atoms with Crippen LogP contribution < -0.4 is 9.97 Å². The molecule has 0 saturated carbocycles. The van der Waals surface area contributed by atoms with Gasteiger partial charge in [-0.05, 0) is 63.3 Å². The van der Waals surface area contributed by atoms with E-state index in [4.69, 9.17) is 9.26 Å². The molecule has 1 aromatic heterocycles. The molecule has 4 rings (SSSR count). The van der Waals surface area contributed by atoms with Crippen LogP contribution in [0.15, 0.2) is 54.6 Å². The van der Waals surface area contributed by atoms with Crippen molar-refractivity contribution in [2.45, 2.75) is 33.6 Å². The molecule has 0 spiro atoms. The summed E-state index contributed by atoms with van der Waals surface area (Å²) >= 11 is 1.21. The third-order valence-corrected chi connectivity index (χ3v) is 10.0. The molecule has 35 heavy (non-hydrogen) atoms. The number of aryl methyl sites for hydroxylation is 2. The van der Waals surface area contributed by atoms with Gasteiger partial charge in [-0.3, -0.25) is 9.24 Å². The lowest BCUT2D eigenvalue weighted by Gasteiger charge is -2.36. The molecule has 0 bridgehead atoms. The quantitative estimate of drug-likeness (QED) is 0.329. The van der Waals surface area contributed by atoms with Gasteiger partial charge < -0.3 is 14.4 Å². The third kappa shape index (κ3) is 5.70. The summed E-state index contributed by atoms with van der Waals surface area (Å²) in [5.41, 5.74) is 3.56. The fourth-order valence-corrected chi connectivity index (χ4v) is 7.70. The molecule has 2 aromatic carbocycles. The minimum atomic E-state index is -3.61. The van der Waals surface area contributed by atoms with Crippen LogP contribution in [-0.4, -0.2) is 37.4 Å². The van der Waals surface area contributed by atoms with Crippen LogP contribution in [0.3, 0.4) is 0 Å². The molecule has 1 aliphatic rings. The zero-order valence-electron chi connectivity index (χ0n) is 20.4. The first kappa shape index (κ1) is 25.6. The van der Waals surface area contributed by atoms with Crippen molar-refractivity contribution in [3.8, 4) is 10.4 Å². The zero-order chi connectivity index (χ0) is 25.0. The fraction of sp³-hybridized carbons (Fsp3) is 0.370. The second kappa shape index (κ2) is 11.1. The van der Waals surface area contributed by atoms with Crippen molar-refractivity contribution in [3.05, 3.63) is 70.6 Å². The Labute approximate surface area is 211 Å². The van der Waals surface area contributed by atoms with Crippen LogP contribution in [0.2, 0.25) is 0 Å². The minimum absolute atomic E-state index is 0.166. The van der Waals surface area contributed by atoms with Gasteiger partial charge in [-0.25, -0.2) is 4.79 Å². The lowest BCUT2D eigenvalue weighted by atomic mass is 10.0. The highest BCUT2D eigenvalue weighted by atomic mass is 32.1. The maximum Gasteiger partial charge on any atom is 0.348 e. The number of carboxylic acids is 1. The molecule has 3 aromatic rings. The molecular formula is C27H32NO5PS. The number of carbonyl (C=O) groups is 1. The van der Waals surface area contributed by atoms with Crippen LogP contribution >= 0.6 is 18.9 Å². The van der Waals surface area contributed by atoms with Crippen LogP contribution in [0.5, 0.6) is 0 Å². The lowest BCUT2D eigenvalue weighted by molar-refractivity contribution is 0.0683. The molecule has 1 fully saturated rings. The van der Waals surface area contributed by atoms with Crippen LogP contribution in [0.4, 0.5) is 5.69 Å². The maximum atomic E-state index is 14.7. The molecule has 186 valence electrons. The number of thiophene rings is 1. The number of nitrogens with zero attached hydrogens (tertiary/aromatic N) is 1. The molecule has 0 radical (unpaired) electrons. The summed E-state index contributed by atoms with van der Waals surface area (Å²) in [6.07, 6.45) is 1.65. The molecule has 1 atom stereocenters. The van der Waals surface area contributed by atoms with Gasteiger partial charge in [-0.15, -0.1) is 11.3 Å². The van der Waals surface area contributed by atoms with Gasteiger partial charge in [0.1, 0.15) is 4.88 Å². The van der Waals surface area contributed by atoms with E-state index in [9.17, 15) is 14.5 Å². The number of aromatic carboxylic acids is 1. The predicted octanol–water partition coefficient (Wildman–Crippen LogP) is 6.52. The van der Waals surface area contributed by atoms with Crippen LogP contribution in [-0.2, 0) is 13.8 Å². The van der Waals surface area contributed by atoms with Crippen LogP contribution in [0.25, 0.3) is 10.4 Å². The van der Waals surface area contributed by atoms with Crippen LogP contribution in [0, 0.1) is 19.8 Å². The Morgan fingerprint density at radius 2 is 1.69 bits per heavy atom. The monoisotopic (exact) mass is 513 g/mol. The lowest BCUT2D eigenvalue weighted by Crippen LogP contribution is -2.34. The van der Waals surface area contributed by atoms with Crippen molar-refractivity contribution in [2.24, 2.45) is 5.92 Å². The first-order valence-electron chi connectivity index (χ1n) is 11.9. The van der Waals surface area contributed by atoms with E-state index in [2.05, 4.69) is 0 Å². The Morgan fingerprint density at radius 3 is 2.26 bits per heavy atom. The van der Waals surface area contributed by atoms with E-state index in [1.165, 1.54) is 11.3 Å². The first-order valence-corrected chi connectivity index (χ1v) is 14.3. The van der Waals surface area contributed by atoms with Gasteiger partial charge >= 0.3 is 13.5 Å². The Morgan fingerprint density at radius 1 is 1.09 bits per heavy atom. The van der Waals surface area contributed by atoms with Gasteiger partial charge in [0.2, 0.25) is 0 Å². The van der Waals surface area contributed by atoms with E-state index in [1.807, 2.05) is 75.4 Å². The highest BCUT2D eigenvalue weighted by Gasteiger charge is 2.39. The molecule has 1 saturated heterocycles. The molecule has 2 heterocycles. The van der Waals surface area contributed by atoms with Gasteiger partial charge in [0.25, 0.3) is 0 Å². The van der Waals surface area contributed by atoms with E-state index in [0.717, 1.165) is 34.4 Å². The number of ether oxygens (including phenoxy) is 1. The molecule has 1 unspecified atom stereocenters. The summed E-state index contributed by atoms with van der Waals surface area (Å²) < 4.78 is 28.1. The molecule has 6 nitrogen and oxygen atoms in total. The molecule has 0 aliphatic carbocycles. The molecule has 1 aliphatic heterocycles. The summed E-state index contributed by atoms with van der Waals surface area (Å²) in [6.45, 7) is 7.77. The fourth-order valence-electron chi connectivity index (χ4n) is 4.30. The maximum absolute atomic E-state index is 14.7. The molecule has 1 N–H and O–H groups in total. The van der Waals surface area contributed by atoms with Gasteiger partial charge in [0, 0.05) is 24.6 Å². The van der Waals surface area contributed by atoms with Crippen molar-refractivity contribution in [3.63, 3.8) is 0 Å². The van der Waals surface area contributed by atoms with Crippen molar-refractivity contribution in [2.75, 3.05) is 31.0 Å². The van der Waals surface area contributed by atoms with Crippen LogP contribution in [0.1, 0.15) is 40.6 Å². The van der Waals surface area contributed by atoms with Crippen molar-refractivity contribution in [1.29, 1.82) is 0 Å². The topological polar surface area (TPSA) is 76.1 Å². The first-order chi connectivity index (χ1) is 16.8. The predicted molar refractivity (Wildman–Crippen MR) is 142 cm³/mol. The van der Waals surface area contributed by atoms with E-state index in [1.54, 1.807) is 4.67 Å². The van der Waals surface area contributed by atoms with Gasteiger partial charge in [0.15, 0.2) is 0 Å². The number of hydrogen-bond acceptors (Lipinski definition) is 5. The van der Waals surface area contributed by atoms with Crippen molar-refractivity contribution >= 4 is 35.8 Å². The Bertz CT molecular complexity index is 1200. The smallest absolute Gasteiger partial charge is 0.348 e. The third-order valence-electron chi connectivity index (χ3n) is 6.28. The van der Waals surface area contributed by atoms with Crippen molar-refractivity contribution < 1.29 is 23.7 Å². The average Bonchev–Trinajstić information content (AvgIpc) is 3.29. The SMILES string of the molecule is CCOP(=O)(c1ccc(C)cc1)N(CC1CCOCC1)c1cc(-c2ccc(C)cc2)sc1C(=O)O. The molecular weight excluding hydrogens is 481 g/mol. The number of hydrogen-bond donors (Lipinski definition) is 1. The summed E-state index contributed by atoms with van der Waals surface area (Å²) in [7, 11) is -3.61. The average molecular weight is 514 g/mol. The number of anilines is 1. The minimum Gasteiger partial charge on any atom is -0.477 e. The normalized spacial score (nSPS) is 16.1. The Hall–Kier alpha value is -2.44. The Balaban J connectivity index is 1.87. The van der Waals surface area contributed by atoms with Gasteiger partial charge in [0.05, 0.1) is 17.6 Å². The second-order valence-corrected chi connectivity index (χ2v) is 12.3. The van der Waals surface area contributed by atoms with E-state index in [-0.39, 0.29) is 17.4 Å². The highest BCUT2D eigenvalue weighted by Crippen LogP contribution is 2.55. The van der Waals surface area contributed by atoms with Gasteiger partial charge in [-0.1, -0.05) is 47.5 Å². The summed E-state index contributed by atoms with van der Waals surface area (Å²) in [5.74, 6) is -0.820. The molecule has 8 heteroatoms. The van der Waals surface area contributed by atoms with Crippen molar-refractivity contribution in [1.82, 2.24) is 0 Å². The van der Waals surface area contributed by atoms with E-state index < -0.39 is 13.5 Å². The number of rotatable bonds is 9. The largest absolute Gasteiger partial charge is 0.477 e. The second-order valence-electron chi connectivity index (χ2n) is 8.91. The summed E-state index contributed by atoms with van der Waals surface area (Å²) in [4.78, 5) is 13.4. The standard InChI is InChI=1S/C27H32NO5PS/c1-4-33-34(31,23-11-7-20(3)8-12-23)28(18-21-13-15-32-16-14-21)24-17-25(35-26(24)27(29)30)22-9-5-19(2)6-10-22/h5-12,17,21H,4,13-16,18H2,1-3H3,(H,29,30). The number of benzene rings is 2. The summed E-state index contributed by atoms with van der Waals surface area (Å²) in [6, 6.07) is 17.3. The van der Waals surface area contributed by atoms with E-state index in [0.29, 0.717) is 30.8 Å². The zero-order valence-corrected chi connectivity index (χ0v) is 22.1. The molecule has 0 amide bonds. The Kier molecular flexibility index (Phi) is 8.12.